The topological polar surface area (TPSA) is 132 Å². The van der Waals surface area contributed by atoms with Gasteiger partial charge in [-0.1, -0.05) is 24.3 Å². The summed E-state index contributed by atoms with van der Waals surface area (Å²) in [5.41, 5.74) is 4.03. The molecule has 2 aromatic heterocycles. The minimum Gasteiger partial charge on any atom is -0.497 e. The van der Waals surface area contributed by atoms with Gasteiger partial charge in [-0.05, 0) is 60.5 Å². The fourth-order valence-corrected chi connectivity index (χ4v) is 6.08. The van der Waals surface area contributed by atoms with Crippen LogP contribution in [-0.2, 0) is 11.3 Å². The highest BCUT2D eigenvalue weighted by atomic mass is 16.5. The molecule has 8 rings (SSSR count). The standard InChI is InChI=1S/C37H34N4O7/c1-22-30-11-10-28(45-2)16-33(30)48-35(22)37(44)41-13-12-32-31(20-41)40-36(43)26-14-25(18-38-19-26)24-4-3-5-29(15-24)46-21-34(42)39-17-23-6-8-27(47-32)9-7-23/h3-11,14-16,18-19,31-32H,12-13,17,20-21H2,1-2H3,(H,39,42)(H,40,43)/t31-,32+/m1/s1. The molecule has 0 unspecified atom stereocenters. The van der Waals surface area contributed by atoms with Crippen LogP contribution in [0.2, 0.25) is 0 Å². The Kier molecular flexibility index (Phi) is 8.41. The number of pyridine rings is 1. The van der Waals surface area contributed by atoms with Gasteiger partial charge < -0.3 is 34.2 Å². The fourth-order valence-electron chi connectivity index (χ4n) is 6.08. The van der Waals surface area contributed by atoms with E-state index < -0.39 is 12.1 Å². The second-order valence-electron chi connectivity index (χ2n) is 11.9. The largest absolute Gasteiger partial charge is 0.497 e. The Morgan fingerprint density at radius 2 is 1.79 bits per heavy atom. The van der Waals surface area contributed by atoms with Crippen molar-refractivity contribution in [3.63, 3.8) is 0 Å². The van der Waals surface area contributed by atoms with Crippen LogP contribution in [-0.4, -0.2) is 66.6 Å². The van der Waals surface area contributed by atoms with E-state index in [4.69, 9.17) is 18.6 Å². The van der Waals surface area contributed by atoms with E-state index in [1.54, 1.807) is 42.5 Å². The number of aryl methyl sites for hydroxylation is 1. The van der Waals surface area contributed by atoms with Gasteiger partial charge in [-0.25, -0.2) is 0 Å². The van der Waals surface area contributed by atoms with Crippen molar-refractivity contribution in [1.82, 2.24) is 20.5 Å². The zero-order valence-corrected chi connectivity index (χ0v) is 26.5. The van der Waals surface area contributed by atoms with Crippen molar-refractivity contribution in [2.75, 3.05) is 26.8 Å². The number of ether oxygens (including phenoxy) is 3. The summed E-state index contributed by atoms with van der Waals surface area (Å²) >= 11 is 0. The van der Waals surface area contributed by atoms with Crippen LogP contribution >= 0.6 is 0 Å². The van der Waals surface area contributed by atoms with Gasteiger partial charge in [0, 0.05) is 61.0 Å². The van der Waals surface area contributed by atoms with Gasteiger partial charge in [0.15, 0.2) is 12.4 Å². The van der Waals surface area contributed by atoms with Crippen LogP contribution < -0.4 is 24.8 Å². The van der Waals surface area contributed by atoms with Gasteiger partial charge in [0.05, 0.1) is 18.7 Å². The number of hydrogen-bond acceptors (Lipinski definition) is 8. The maximum Gasteiger partial charge on any atom is 0.289 e. The summed E-state index contributed by atoms with van der Waals surface area (Å²) in [5, 5.41) is 6.84. The molecule has 3 aromatic carbocycles. The molecule has 3 aliphatic rings. The Balaban J connectivity index is 1.19. The molecular formula is C37H34N4O7. The van der Waals surface area contributed by atoms with Crippen LogP contribution in [0, 0.1) is 6.92 Å². The van der Waals surface area contributed by atoms with Gasteiger partial charge in [-0.2, -0.15) is 0 Å². The predicted molar refractivity (Wildman–Crippen MR) is 177 cm³/mol. The molecule has 1 fully saturated rings. The summed E-state index contributed by atoms with van der Waals surface area (Å²) in [6, 6.07) is 21.4. The molecule has 0 spiro atoms. The number of nitrogens with zero attached hydrogens (tertiary/aromatic N) is 2. The van der Waals surface area contributed by atoms with Crippen LogP contribution in [0.25, 0.3) is 22.1 Å². The maximum atomic E-state index is 13.9. The van der Waals surface area contributed by atoms with E-state index in [2.05, 4.69) is 15.6 Å². The predicted octanol–water partition coefficient (Wildman–Crippen LogP) is 4.91. The minimum absolute atomic E-state index is 0.140. The molecule has 0 saturated carbocycles. The van der Waals surface area contributed by atoms with Crippen LogP contribution in [0.5, 0.6) is 17.2 Å². The van der Waals surface area contributed by atoms with Gasteiger partial charge in [0.1, 0.15) is 28.9 Å². The molecule has 0 aliphatic carbocycles. The van der Waals surface area contributed by atoms with E-state index in [1.807, 2.05) is 55.5 Å². The number of amides is 3. The number of carbonyl (C=O) groups is 3. The number of carbonyl (C=O) groups excluding carboxylic acids is 3. The number of benzene rings is 3. The molecule has 11 nitrogen and oxygen atoms in total. The lowest BCUT2D eigenvalue weighted by Gasteiger charge is -2.38. The lowest BCUT2D eigenvalue weighted by molar-refractivity contribution is -0.123. The van der Waals surface area contributed by atoms with E-state index in [1.165, 1.54) is 6.20 Å². The lowest BCUT2D eigenvalue weighted by Crippen LogP contribution is -2.58. The summed E-state index contributed by atoms with van der Waals surface area (Å²) in [7, 11) is 1.58. The first-order valence-electron chi connectivity index (χ1n) is 15.7. The number of likely N-dealkylation sites (tertiary alicyclic amines) is 1. The third-order valence-electron chi connectivity index (χ3n) is 8.73. The Labute approximate surface area is 276 Å². The molecule has 3 aliphatic heterocycles. The summed E-state index contributed by atoms with van der Waals surface area (Å²) in [6.07, 6.45) is 3.20. The van der Waals surface area contributed by atoms with Gasteiger partial charge in [-0.3, -0.25) is 19.4 Å². The third kappa shape index (κ3) is 6.39. The summed E-state index contributed by atoms with van der Waals surface area (Å²) in [5.74, 6) is 1.14. The summed E-state index contributed by atoms with van der Waals surface area (Å²) < 4.78 is 23.5. The van der Waals surface area contributed by atoms with E-state index >= 15 is 0 Å². The summed E-state index contributed by atoms with van der Waals surface area (Å²) in [4.78, 5) is 46.2. The Morgan fingerprint density at radius 1 is 0.958 bits per heavy atom. The third-order valence-corrected chi connectivity index (χ3v) is 8.73. The molecule has 48 heavy (non-hydrogen) atoms. The number of fused-ring (bicyclic) bond motifs is 8. The van der Waals surface area contributed by atoms with E-state index in [-0.39, 0.29) is 36.6 Å². The number of aromatic nitrogens is 1. The Hall–Kier alpha value is -5.84. The van der Waals surface area contributed by atoms with E-state index in [0.717, 1.165) is 22.1 Å². The van der Waals surface area contributed by atoms with E-state index in [0.29, 0.717) is 53.5 Å². The van der Waals surface area contributed by atoms with Crippen LogP contribution in [0.1, 0.15) is 38.5 Å². The van der Waals surface area contributed by atoms with Crippen LogP contribution in [0.4, 0.5) is 0 Å². The Morgan fingerprint density at radius 3 is 2.62 bits per heavy atom. The molecule has 6 bridgehead atoms. The van der Waals surface area contributed by atoms with Gasteiger partial charge >= 0.3 is 0 Å². The van der Waals surface area contributed by atoms with Crippen molar-refractivity contribution >= 4 is 28.7 Å². The highest BCUT2D eigenvalue weighted by Crippen LogP contribution is 2.31. The SMILES string of the molecule is COc1ccc2c(C)c(C(=O)N3CC[C@@H]4Oc5ccc(cc5)CNC(=O)COc5cccc(c5)-c5cncc(c5)C(=O)N[C@@H]4C3)oc2c1. The molecule has 2 N–H and O–H groups in total. The molecule has 1 saturated heterocycles. The molecule has 0 radical (unpaired) electrons. The quantitative estimate of drug-likeness (QED) is 0.277. The smallest absolute Gasteiger partial charge is 0.289 e. The molecule has 5 heterocycles. The maximum absolute atomic E-state index is 13.9. The van der Waals surface area contributed by atoms with E-state index in [9.17, 15) is 14.4 Å². The minimum atomic E-state index is -0.551. The fraction of sp³-hybridized carbons (Fsp3) is 0.243. The molecule has 244 valence electrons. The first-order chi connectivity index (χ1) is 23.3. The number of nitrogens with one attached hydrogen (secondary N) is 2. The van der Waals surface area contributed by atoms with Gasteiger partial charge in [0.25, 0.3) is 17.7 Å². The zero-order chi connectivity index (χ0) is 33.2. The number of methoxy groups -OCH3 is 1. The van der Waals surface area contributed by atoms with Crippen molar-refractivity contribution in [3.05, 3.63) is 108 Å². The number of hydrogen-bond donors (Lipinski definition) is 2. The molecule has 3 amide bonds. The molecule has 5 aromatic rings. The second kappa shape index (κ2) is 13.1. The van der Waals surface area contributed by atoms with Crippen molar-refractivity contribution < 1.29 is 33.0 Å². The number of furan rings is 1. The van der Waals surface area contributed by atoms with Crippen molar-refractivity contribution in [2.45, 2.75) is 32.0 Å². The number of rotatable bonds is 2. The number of piperidine rings is 1. The molecular weight excluding hydrogens is 612 g/mol. The second-order valence-corrected chi connectivity index (χ2v) is 11.9. The van der Waals surface area contributed by atoms with Gasteiger partial charge in [-0.15, -0.1) is 0 Å². The van der Waals surface area contributed by atoms with Crippen LogP contribution in [0.15, 0.2) is 89.6 Å². The highest BCUT2D eigenvalue weighted by molar-refractivity contribution is 5.99. The van der Waals surface area contributed by atoms with Crippen molar-refractivity contribution in [3.8, 4) is 28.4 Å². The van der Waals surface area contributed by atoms with Crippen molar-refractivity contribution in [1.29, 1.82) is 0 Å². The first kappa shape index (κ1) is 30.8. The average molecular weight is 647 g/mol. The Bertz CT molecular complexity index is 2010. The zero-order valence-electron chi connectivity index (χ0n) is 26.5. The van der Waals surface area contributed by atoms with Gasteiger partial charge in [0.2, 0.25) is 0 Å². The normalized spacial score (nSPS) is 18.2. The first-order valence-corrected chi connectivity index (χ1v) is 15.7. The highest BCUT2D eigenvalue weighted by Gasteiger charge is 2.36. The molecule has 2 atom stereocenters. The summed E-state index contributed by atoms with van der Waals surface area (Å²) in [6.45, 7) is 2.65. The van der Waals surface area contributed by atoms with Crippen LogP contribution in [0.3, 0.4) is 0 Å². The monoisotopic (exact) mass is 646 g/mol. The molecule has 11 heteroatoms. The lowest BCUT2D eigenvalue weighted by atomic mass is 10.00. The average Bonchev–Trinajstić information content (AvgIpc) is 3.45. The van der Waals surface area contributed by atoms with Crippen molar-refractivity contribution in [2.24, 2.45) is 0 Å².